The third-order valence-electron chi connectivity index (χ3n) is 4.82. The van der Waals surface area contributed by atoms with E-state index in [4.69, 9.17) is 4.74 Å². The van der Waals surface area contributed by atoms with E-state index in [9.17, 15) is 18.0 Å². The molecule has 0 aliphatic carbocycles. The number of halogens is 1. The first-order valence-corrected chi connectivity index (χ1v) is 11.8. The van der Waals surface area contributed by atoms with Gasteiger partial charge in [0.1, 0.15) is 0 Å². The number of hydrogen-bond donors (Lipinski definition) is 1. The molecule has 0 saturated carbocycles. The van der Waals surface area contributed by atoms with Gasteiger partial charge in [-0.2, -0.15) is 4.31 Å². The first-order valence-electron chi connectivity index (χ1n) is 9.61. The summed E-state index contributed by atoms with van der Waals surface area (Å²) >= 11 is 3.39. The minimum atomic E-state index is -3.56. The molecule has 0 bridgehead atoms. The van der Waals surface area contributed by atoms with Crippen LogP contribution in [0.15, 0.2) is 51.8 Å². The van der Waals surface area contributed by atoms with Gasteiger partial charge in [0, 0.05) is 23.2 Å². The van der Waals surface area contributed by atoms with Gasteiger partial charge in [-0.15, -0.1) is 0 Å². The van der Waals surface area contributed by atoms with Gasteiger partial charge in [0.2, 0.25) is 10.0 Å². The number of ether oxygens (including phenoxy) is 1. The molecule has 1 aliphatic heterocycles. The number of piperidine rings is 1. The Hall–Kier alpha value is -2.23. The molecule has 0 unspecified atom stereocenters. The summed E-state index contributed by atoms with van der Waals surface area (Å²) in [6.07, 6.45) is 2.74. The molecule has 2 aromatic rings. The van der Waals surface area contributed by atoms with Crippen molar-refractivity contribution in [2.45, 2.75) is 31.1 Å². The summed E-state index contributed by atoms with van der Waals surface area (Å²) in [5.74, 6) is -1.16. The van der Waals surface area contributed by atoms with Crippen LogP contribution in [0.3, 0.4) is 0 Å². The molecule has 1 heterocycles. The van der Waals surface area contributed by atoms with Crippen molar-refractivity contribution in [3.63, 3.8) is 0 Å². The molecule has 1 saturated heterocycles. The quantitative estimate of drug-likeness (QED) is 0.617. The van der Waals surface area contributed by atoms with Crippen LogP contribution in [0.2, 0.25) is 0 Å². The van der Waals surface area contributed by atoms with Crippen molar-refractivity contribution in [1.82, 2.24) is 4.31 Å². The van der Waals surface area contributed by atoms with Gasteiger partial charge in [0.15, 0.2) is 6.61 Å². The van der Waals surface area contributed by atoms with Crippen LogP contribution in [0.25, 0.3) is 0 Å². The molecular weight excluding hydrogens is 472 g/mol. The monoisotopic (exact) mass is 494 g/mol. The van der Waals surface area contributed by atoms with Gasteiger partial charge in [-0.05, 0) is 67.8 Å². The van der Waals surface area contributed by atoms with Crippen LogP contribution in [-0.2, 0) is 19.6 Å². The number of benzene rings is 2. The highest BCUT2D eigenvalue weighted by atomic mass is 79.9. The number of carbonyl (C=O) groups is 2. The predicted molar refractivity (Wildman–Crippen MR) is 117 cm³/mol. The maximum Gasteiger partial charge on any atom is 0.338 e. The minimum absolute atomic E-state index is 0.143. The number of amides is 1. The van der Waals surface area contributed by atoms with Gasteiger partial charge in [0.05, 0.1) is 10.5 Å². The van der Waals surface area contributed by atoms with Gasteiger partial charge >= 0.3 is 5.97 Å². The Balaban J connectivity index is 1.56. The first kappa shape index (κ1) is 22.5. The highest BCUT2D eigenvalue weighted by Gasteiger charge is 2.26. The third kappa shape index (κ3) is 5.47. The zero-order chi connectivity index (χ0) is 21.7. The van der Waals surface area contributed by atoms with Crippen molar-refractivity contribution in [2.24, 2.45) is 0 Å². The number of nitrogens with one attached hydrogen (secondary N) is 1. The fourth-order valence-electron chi connectivity index (χ4n) is 3.15. The van der Waals surface area contributed by atoms with Crippen LogP contribution in [-0.4, -0.2) is 44.3 Å². The van der Waals surface area contributed by atoms with Crippen molar-refractivity contribution >= 4 is 43.5 Å². The predicted octanol–water partition coefficient (Wildman–Crippen LogP) is 3.73. The van der Waals surface area contributed by atoms with Gasteiger partial charge < -0.3 is 10.1 Å². The number of carbonyl (C=O) groups excluding carboxylic acids is 2. The SMILES string of the molecule is Cc1cc(NC(=O)COC(=O)c2ccc(S(=O)(=O)N3CCCCC3)cc2)ccc1Br. The molecule has 0 spiro atoms. The Morgan fingerprint density at radius 2 is 1.73 bits per heavy atom. The van der Waals surface area contributed by atoms with Crippen LogP contribution < -0.4 is 5.32 Å². The molecule has 1 amide bonds. The molecule has 9 heteroatoms. The van der Waals surface area contributed by atoms with Crippen molar-refractivity contribution in [1.29, 1.82) is 0 Å². The van der Waals surface area contributed by atoms with Crippen molar-refractivity contribution < 1.29 is 22.7 Å². The van der Waals surface area contributed by atoms with E-state index in [2.05, 4.69) is 21.2 Å². The lowest BCUT2D eigenvalue weighted by Crippen LogP contribution is -2.35. The summed E-state index contributed by atoms with van der Waals surface area (Å²) in [4.78, 5) is 24.4. The van der Waals surface area contributed by atoms with Crippen molar-refractivity contribution in [2.75, 3.05) is 25.0 Å². The molecule has 0 radical (unpaired) electrons. The second kappa shape index (κ2) is 9.72. The highest BCUT2D eigenvalue weighted by Crippen LogP contribution is 2.22. The largest absolute Gasteiger partial charge is 0.452 e. The zero-order valence-electron chi connectivity index (χ0n) is 16.6. The van der Waals surface area contributed by atoms with Gasteiger partial charge in [-0.1, -0.05) is 22.4 Å². The minimum Gasteiger partial charge on any atom is -0.452 e. The van der Waals surface area contributed by atoms with Crippen LogP contribution in [0.4, 0.5) is 5.69 Å². The summed E-state index contributed by atoms with van der Waals surface area (Å²) in [5.41, 5.74) is 1.74. The lowest BCUT2D eigenvalue weighted by atomic mass is 10.2. The summed E-state index contributed by atoms with van der Waals surface area (Å²) in [5, 5.41) is 2.66. The third-order valence-corrected chi connectivity index (χ3v) is 7.62. The molecule has 160 valence electrons. The number of aryl methyl sites for hydroxylation is 1. The molecule has 0 aromatic heterocycles. The van der Waals surface area contributed by atoms with E-state index >= 15 is 0 Å². The van der Waals surface area contributed by atoms with E-state index in [1.165, 1.54) is 28.6 Å². The maximum atomic E-state index is 12.7. The maximum absolute atomic E-state index is 12.7. The Morgan fingerprint density at radius 3 is 2.37 bits per heavy atom. The molecule has 3 rings (SSSR count). The van der Waals surface area contributed by atoms with Crippen LogP contribution in [0.5, 0.6) is 0 Å². The zero-order valence-corrected chi connectivity index (χ0v) is 19.0. The molecule has 1 N–H and O–H groups in total. The average molecular weight is 495 g/mol. The topological polar surface area (TPSA) is 92.8 Å². The van der Waals surface area contributed by atoms with Gasteiger partial charge in [-0.3, -0.25) is 4.79 Å². The van der Waals surface area contributed by atoms with E-state index in [1.54, 1.807) is 12.1 Å². The van der Waals surface area contributed by atoms with Crippen molar-refractivity contribution in [3.8, 4) is 0 Å². The first-order chi connectivity index (χ1) is 14.3. The van der Waals surface area contributed by atoms with E-state index in [0.29, 0.717) is 18.8 Å². The summed E-state index contributed by atoms with van der Waals surface area (Å²) in [6, 6.07) is 10.9. The molecule has 0 atom stereocenters. The van der Waals surface area contributed by atoms with Crippen LogP contribution in [0, 0.1) is 6.92 Å². The summed E-state index contributed by atoms with van der Waals surface area (Å²) in [6.45, 7) is 2.48. The molecule has 1 aliphatic rings. The summed E-state index contributed by atoms with van der Waals surface area (Å²) in [7, 11) is -3.56. The van der Waals surface area contributed by atoms with Gasteiger partial charge in [0.25, 0.3) is 5.91 Å². The van der Waals surface area contributed by atoms with Crippen LogP contribution in [0.1, 0.15) is 35.2 Å². The number of sulfonamides is 1. The van der Waals surface area contributed by atoms with E-state index < -0.39 is 28.5 Å². The number of anilines is 1. The van der Waals surface area contributed by atoms with E-state index in [-0.39, 0.29) is 10.5 Å². The fourth-order valence-corrected chi connectivity index (χ4v) is 4.91. The van der Waals surface area contributed by atoms with Crippen LogP contribution >= 0.6 is 15.9 Å². The average Bonchev–Trinajstić information content (AvgIpc) is 2.75. The van der Waals surface area contributed by atoms with Crippen molar-refractivity contribution in [3.05, 3.63) is 58.1 Å². The normalized spacial score (nSPS) is 14.9. The molecule has 2 aromatic carbocycles. The number of rotatable bonds is 6. The number of hydrogen-bond acceptors (Lipinski definition) is 5. The number of nitrogens with zero attached hydrogens (tertiary/aromatic N) is 1. The second-order valence-corrected chi connectivity index (χ2v) is 9.87. The summed E-state index contributed by atoms with van der Waals surface area (Å²) < 4.78 is 32.7. The molecule has 7 nitrogen and oxygen atoms in total. The molecule has 30 heavy (non-hydrogen) atoms. The molecular formula is C21H23BrN2O5S. The van der Waals surface area contributed by atoms with Gasteiger partial charge in [-0.25, -0.2) is 13.2 Å². The molecule has 1 fully saturated rings. The Kier molecular flexibility index (Phi) is 7.27. The number of esters is 1. The lowest BCUT2D eigenvalue weighted by Gasteiger charge is -2.25. The Labute approximate surface area is 184 Å². The smallest absolute Gasteiger partial charge is 0.338 e. The second-order valence-electron chi connectivity index (χ2n) is 7.08. The standard InChI is InChI=1S/C21H23BrN2O5S/c1-15-13-17(7-10-19(15)22)23-20(25)14-29-21(26)16-5-8-18(9-6-16)30(27,28)24-11-3-2-4-12-24/h5-10,13H,2-4,11-12,14H2,1H3,(H,23,25). The van der Waals surface area contributed by atoms with E-state index in [0.717, 1.165) is 29.3 Å². The lowest BCUT2D eigenvalue weighted by molar-refractivity contribution is -0.119. The Bertz CT molecular complexity index is 1030. The van der Waals surface area contributed by atoms with E-state index in [1.807, 2.05) is 13.0 Å². The Morgan fingerprint density at radius 1 is 1.07 bits per heavy atom. The fraction of sp³-hybridized carbons (Fsp3) is 0.333. The highest BCUT2D eigenvalue weighted by molar-refractivity contribution is 9.10.